The van der Waals surface area contributed by atoms with Gasteiger partial charge >= 0.3 is 0 Å². The molecule has 114 valence electrons. The van der Waals surface area contributed by atoms with Gasteiger partial charge in [-0.3, -0.25) is 9.78 Å². The Hall–Kier alpha value is -2.18. The minimum atomic E-state index is -0.306. The fraction of sp³-hybridized carbons (Fsp3) is 0.250. The molecule has 1 atom stereocenters. The van der Waals surface area contributed by atoms with E-state index in [0.717, 1.165) is 28.8 Å². The van der Waals surface area contributed by atoms with E-state index in [4.69, 9.17) is 5.73 Å². The van der Waals surface area contributed by atoms with Crippen LogP contribution < -0.4 is 11.1 Å². The van der Waals surface area contributed by atoms with Gasteiger partial charge in [0.15, 0.2) is 0 Å². The van der Waals surface area contributed by atoms with Crippen LogP contribution in [0.3, 0.4) is 0 Å². The van der Waals surface area contributed by atoms with Crippen molar-refractivity contribution in [3.05, 3.63) is 46.6 Å². The summed E-state index contributed by atoms with van der Waals surface area (Å²) in [4.78, 5) is 17.1. The molecule has 22 heavy (non-hydrogen) atoms. The average molecular weight is 315 g/mol. The Morgan fingerprint density at radius 1 is 1.55 bits per heavy atom. The molecule has 2 heterocycles. The summed E-state index contributed by atoms with van der Waals surface area (Å²) in [5.74, 6) is -0.227. The van der Waals surface area contributed by atoms with Gasteiger partial charge in [-0.2, -0.15) is 0 Å². The first-order chi connectivity index (χ1) is 10.6. The molecule has 1 aliphatic rings. The summed E-state index contributed by atoms with van der Waals surface area (Å²) in [6.07, 6.45) is 8.33. The zero-order valence-electron chi connectivity index (χ0n) is 12.0. The van der Waals surface area contributed by atoms with Crippen molar-refractivity contribution in [3.8, 4) is 0 Å². The van der Waals surface area contributed by atoms with Gasteiger partial charge in [0.2, 0.25) is 5.91 Å². The fourth-order valence-corrected chi connectivity index (χ4v) is 3.73. The third kappa shape index (κ3) is 3.18. The van der Waals surface area contributed by atoms with E-state index in [1.54, 1.807) is 18.5 Å². The molecule has 2 aromatic heterocycles. The Balaban J connectivity index is 1.71. The number of rotatable bonds is 3. The van der Waals surface area contributed by atoms with Crippen LogP contribution in [0, 0.1) is 0 Å². The van der Waals surface area contributed by atoms with Crippen LogP contribution in [0.5, 0.6) is 0 Å². The van der Waals surface area contributed by atoms with Gasteiger partial charge in [-0.05, 0) is 36.1 Å². The lowest BCUT2D eigenvalue weighted by molar-refractivity contribution is -0.111. The number of carbonyl (C=O) groups is 1. The lowest BCUT2D eigenvalue weighted by atomic mass is 9.96. The molecule has 4 N–H and O–H groups in total. The van der Waals surface area contributed by atoms with E-state index in [9.17, 15) is 9.90 Å². The number of nitrogens with one attached hydrogen (secondary N) is 1. The summed E-state index contributed by atoms with van der Waals surface area (Å²) in [5.41, 5.74) is 8.67. The van der Waals surface area contributed by atoms with E-state index in [1.165, 1.54) is 17.4 Å². The number of fused-ring (bicyclic) bond motifs is 1. The molecule has 0 bridgehead atoms. The Labute approximate surface area is 132 Å². The minimum Gasteiger partial charge on any atom is -0.396 e. The van der Waals surface area contributed by atoms with Crippen molar-refractivity contribution in [1.29, 1.82) is 0 Å². The van der Waals surface area contributed by atoms with Crippen molar-refractivity contribution in [3.63, 3.8) is 0 Å². The van der Waals surface area contributed by atoms with Crippen molar-refractivity contribution in [2.45, 2.75) is 25.4 Å². The van der Waals surface area contributed by atoms with Crippen molar-refractivity contribution in [2.75, 3.05) is 11.1 Å². The molecule has 1 unspecified atom stereocenters. The lowest BCUT2D eigenvalue weighted by Gasteiger charge is -2.16. The van der Waals surface area contributed by atoms with E-state index >= 15 is 0 Å². The Kier molecular flexibility index (Phi) is 4.22. The van der Waals surface area contributed by atoms with Gasteiger partial charge in [-0.25, -0.2) is 0 Å². The van der Waals surface area contributed by atoms with Gasteiger partial charge in [0.1, 0.15) is 5.00 Å². The molecule has 1 aliphatic carbocycles. The van der Waals surface area contributed by atoms with Crippen LogP contribution in [0.4, 0.5) is 10.7 Å². The summed E-state index contributed by atoms with van der Waals surface area (Å²) in [7, 11) is 0. The minimum absolute atomic E-state index is 0.227. The standard InChI is InChI=1S/C16H17N3O2S/c17-15-12-5-4-11(20)8-13(12)22-16(15)19-14(21)6-3-10-2-1-7-18-9-10/h1-3,6-7,9,11,20H,4-5,8,17H2,(H,19,21)/b6-3+. The molecular weight excluding hydrogens is 298 g/mol. The van der Waals surface area contributed by atoms with Crippen LogP contribution >= 0.6 is 11.3 Å². The van der Waals surface area contributed by atoms with E-state index < -0.39 is 0 Å². The van der Waals surface area contributed by atoms with Crippen LogP contribution in [0.15, 0.2) is 30.6 Å². The molecule has 0 saturated carbocycles. The third-order valence-electron chi connectivity index (χ3n) is 3.63. The van der Waals surface area contributed by atoms with Crippen molar-refractivity contribution in [2.24, 2.45) is 0 Å². The Morgan fingerprint density at radius 3 is 3.18 bits per heavy atom. The second-order valence-electron chi connectivity index (χ2n) is 5.25. The predicted octanol–water partition coefficient (Wildman–Crippen LogP) is 2.23. The molecule has 0 fully saturated rings. The average Bonchev–Trinajstić information content (AvgIpc) is 2.82. The fourth-order valence-electron chi connectivity index (χ4n) is 2.49. The van der Waals surface area contributed by atoms with Crippen LogP contribution in [0.1, 0.15) is 22.4 Å². The molecule has 5 nitrogen and oxygen atoms in total. The van der Waals surface area contributed by atoms with E-state index in [0.29, 0.717) is 17.1 Å². The zero-order chi connectivity index (χ0) is 15.5. The zero-order valence-corrected chi connectivity index (χ0v) is 12.8. The van der Waals surface area contributed by atoms with Crippen LogP contribution in [0.25, 0.3) is 6.08 Å². The summed E-state index contributed by atoms with van der Waals surface area (Å²) in [6.45, 7) is 0. The molecule has 0 aromatic carbocycles. The Morgan fingerprint density at radius 2 is 2.41 bits per heavy atom. The molecule has 0 aliphatic heterocycles. The molecule has 0 saturated heterocycles. The van der Waals surface area contributed by atoms with Gasteiger partial charge in [0.25, 0.3) is 0 Å². The molecule has 3 rings (SSSR count). The number of aromatic nitrogens is 1. The first-order valence-electron chi connectivity index (χ1n) is 7.10. The Bertz CT molecular complexity index is 710. The highest BCUT2D eigenvalue weighted by molar-refractivity contribution is 7.17. The first kappa shape index (κ1) is 14.7. The lowest BCUT2D eigenvalue weighted by Crippen LogP contribution is -2.17. The second-order valence-corrected chi connectivity index (χ2v) is 6.36. The summed E-state index contributed by atoms with van der Waals surface area (Å²) in [5, 5.41) is 13.2. The van der Waals surface area contributed by atoms with Crippen LogP contribution in [-0.2, 0) is 17.6 Å². The van der Waals surface area contributed by atoms with E-state index in [1.807, 2.05) is 12.1 Å². The molecule has 0 spiro atoms. The van der Waals surface area contributed by atoms with E-state index in [-0.39, 0.29) is 12.0 Å². The first-order valence-corrected chi connectivity index (χ1v) is 7.92. The van der Waals surface area contributed by atoms with Gasteiger partial charge < -0.3 is 16.2 Å². The maximum absolute atomic E-state index is 12.0. The molecule has 0 radical (unpaired) electrons. The number of aliphatic hydroxyl groups excluding tert-OH is 1. The number of nitrogens with zero attached hydrogens (tertiary/aromatic N) is 1. The van der Waals surface area contributed by atoms with Gasteiger partial charge in [-0.1, -0.05) is 6.07 Å². The SMILES string of the molecule is Nc1c(NC(=O)/C=C/c2cccnc2)sc2c1CCC(O)C2. The third-order valence-corrected chi connectivity index (χ3v) is 4.81. The highest BCUT2D eigenvalue weighted by Gasteiger charge is 2.23. The van der Waals surface area contributed by atoms with Crippen molar-refractivity contribution < 1.29 is 9.90 Å². The highest BCUT2D eigenvalue weighted by atomic mass is 32.1. The molecule has 2 aromatic rings. The van der Waals surface area contributed by atoms with Gasteiger partial charge in [0, 0.05) is 29.8 Å². The normalized spacial score (nSPS) is 17.4. The number of hydrogen-bond acceptors (Lipinski definition) is 5. The highest BCUT2D eigenvalue weighted by Crippen LogP contribution is 2.40. The smallest absolute Gasteiger partial charge is 0.249 e. The maximum Gasteiger partial charge on any atom is 0.249 e. The number of amides is 1. The molecule has 6 heteroatoms. The predicted molar refractivity (Wildman–Crippen MR) is 88.7 cm³/mol. The number of nitrogens with two attached hydrogens (primary N) is 1. The van der Waals surface area contributed by atoms with E-state index in [2.05, 4.69) is 10.3 Å². The van der Waals surface area contributed by atoms with Crippen LogP contribution in [-0.4, -0.2) is 22.1 Å². The van der Waals surface area contributed by atoms with Crippen LogP contribution in [0.2, 0.25) is 0 Å². The maximum atomic E-state index is 12.0. The number of anilines is 2. The molecule has 1 amide bonds. The number of aliphatic hydroxyl groups is 1. The summed E-state index contributed by atoms with van der Waals surface area (Å²) in [6, 6.07) is 3.69. The van der Waals surface area contributed by atoms with Gasteiger partial charge in [0.05, 0.1) is 11.8 Å². The summed E-state index contributed by atoms with van der Waals surface area (Å²) >= 11 is 1.45. The van der Waals surface area contributed by atoms with Gasteiger partial charge in [-0.15, -0.1) is 11.3 Å². The topological polar surface area (TPSA) is 88.2 Å². The number of pyridine rings is 1. The number of nitrogen functional groups attached to an aromatic ring is 1. The quantitative estimate of drug-likeness (QED) is 0.758. The van der Waals surface area contributed by atoms with Crippen molar-refractivity contribution >= 4 is 34.0 Å². The second kappa shape index (κ2) is 6.29. The molecular formula is C16H17N3O2S. The van der Waals surface area contributed by atoms with Crippen molar-refractivity contribution in [1.82, 2.24) is 4.98 Å². The summed E-state index contributed by atoms with van der Waals surface area (Å²) < 4.78 is 0. The number of carbonyl (C=O) groups excluding carboxylic acids is 1. The largest absolute Gasteiger partial charge is 0.396 e. The number of hydrogen-bond donors (Lipinski definition) is 3. The number of thiophene rings is 1. The monoisotopic (exact) mass is 315 g/mol.